The Morgan fingerprint density at radius 3 is 0.500 bits per heavy atom. The molecule has 0 aromatic rings. The van der Waals surface area contributed by atoms with Crippen molar-refractivity contribution in [3.63, 3.8) is 0 Å². The minimum absolute atomic E-state index is 0. The molecule has 2 N–H and O–H groups in total. The van der Waals surface area contributed by atoms with Gasteiger partial charge < -0.3 is 11.0 Å². The predicted molar refractivity (Wildman–Crippen MR) is 3.87 cm³/mol. The van der Waals surface area contributed by atoms with Crippen LogP contribution in [-0.2, 0) is 33.0 Å². The van der Waals surface area contributed by atoms with Crippen molar-refractivity contribution in [3.8, 4) is 0 Å². The molecular formula is H2Ni2O2+2. The molecule has 0 fully saturated rings. The molecule has 0 aliphatic carbocycles. The van der Waals surface area contributed by atoms with Gasteiger partial charge in [0.2, 0.25) is 0 Å². The van der Waals surface area contributed by atoms with E-state index in [2.05, 4.69) is 0 Å². The van der Waals surface area contributed by atoms with Gasteiger partial charge in [0.1, 0.15) is 0 Å². The van der Waals surface area contributed by atoms with Gasteiger partial charge in [-0.1, -0.05) is 0 Å². The minimum atomic E-state index is 0. The van der Waals surface area contributed by atoms with E-state index in [4.69, 9.17) is 0 Å². The zero-order valence-electron chi connectivity index (χ0n) is 1.53. The summed E-state index contributed by atoms with van der Waals surface area (Å²) in [6.45, 7) is 0. The molecule has 0 atom stereocenters. The molecule has 0 aromatic heterocycles. The first kappa shape index (κ1) is 91.0. The van der Waals surface area contributed by atoms with Crippen LogP contribution >= 0.6 is 0 Å². The molecule has 4 heteroatoms. The van der Waals surface area contributed by atoms with Crippen LogP contribution in [0.2, 0.25) is 0 Å². The Hall–Kier alpha value is 0.907. The second-order valence-electron chi connectivity index (χ2n) is 0. The van der Waals surface area contributed by atoms with Crippen LogP contribution in [0.15, 0.2) is 0 Å². The van der Waals surface area contributed by atoms with E-state index < -0.39 is 0 Å². The maximum Gasteiger partial charge on any atom is 2.00 e. The number of rotatable bonds is 0. The maximum atomic E-state index is 0. The summed E-state index contributed by atoms with van der Waals surface area (Å²) in [6, 6.07) is 0. The predicted octanol–water partition coefficient (Wildman–Crippen LogP) is -0.359. The first-order valence-corrected chi connectivity index (χ1v) is 0. The zero-order valence-corrected chi connectivity index (χ0v) is 3.50. The van der Waals surface area contributed by atoms with Crippen LogP contribution in [0.25, 0.3) is 0 Å². The summed E-state index contributed by atoms with van der Waals surface area (Å²) < 4.78 is 0. The third-order valence-corrected chi connectivity index (χ3v) is 0. The normalized spacial score (nSPS) is 0. The Bertz CT molecular complexity index is 4.00. The summed E-state index contributed by atoms with van der Waals surface area (Å²) >= 11 is 0. The largest absolute Gasteiger partial charge is 2.00 e. The standard InChI is InChI=1S/2Ni.2H2O/h;;2*1H2/q2*+2;;/p-2. The van der Waals surface area contributed by atoms with Gasteiger partial charge >= 0.3 is 33.0 Å². The average Bonchev–Trinajstić information content (AvgIpc) is 0. The topological polar surface area (TPSA) is 60.0 Å². The molecule has 2 nitrogen and oxygen atoms in total. The fourth-order valence-corrected chi connectivity index (χ4v) is 0. The smallest absolute Gasteiger partial charge is 0.870 e. The van der Waals surface area contributed by atoms with Crippen molar-refractivity contribution in [3.05, 3.63) is 0 Å². The summed E-state index contributed by atoms with van der Waals surface area (Å²) in [4.78, 5) is 0. The van der Waals surface area contributed by atoms with Crippen LogP contribution in [-0.4, -0.2) is 11.0 Å². The third-order valence-electron chi connectivity index (χ3n) is 0. The van der Waals surface area contributed by atoms with Crippen molar-refractivity contribution in [1.29, 1.82) is 0 Å². The van der Waals surface area contributed by atoms with E-state index in [-0.39, 0.29) is 43.9 Å². The van der Waals surface area contributed by atoms with Gasteiger partial charge in [-0.2, -0.15) is 0 Å². The molecule has 0 radical (unpaired) electrons. The minimum Gasteiger partial charge on any atom is -0.870 e. The second kappa shape index (κ2) is 40.1. The van der Waals surface area contributed by atoms with Crippen LogP contribution in [0.5, 0.6) is 0 Å². The van der Waals surface area contributed by atoms with Crippen molar-refractivity contribution >= 4 is 0 Å². The number of hydrogen-bond donors (Lipinski definition) is 0. The van der Waals surface area contributed by atoms with Crippen LogP contribution in [0.3, 0.4) is 0 Å². The van der Waals surface area contributed by atoms with Crippen molar-refractivity contribution < 1.29 is 43.9 Å². The van der Waals surface area contributed by atoms with E-state index >= 15 is 0 Å². The van der Waals surface area contributed by atoms with E-state index in [1.54, 1.807) is 0 Å². The average molecular weight is 151 g/mol. The Kier molecular flexibility index (Phi) is 914. The van der Waals surface area contributed by atoms with Gasteiger partial charge in [0.25, 0.3) is 0 Å². The Labute approximate surface area is 44.4 Å². The fraction of sp³-hybridized carbons (Fsp3) is 0. The Morgan fingerprint density at radius 1 is 0.500 bits per heavy atom. The third kappa shape index (κ3) is 12.9. The molecule has 0 bridgehead atoms. The van der Waals surface area contributed by atoms with Crippen LogP contribution in [0.1, 0.15) is 0 Å². The summed E-state index contributed by atoms with van der Waals surface area (Å²) in [5.41, 5.74) is 0. The van der Waals surface area contributed by atoms with Gasteiger partial charge in [-0.25, -0.2) is 0 Å². The molecule has 0 heterocycles. The summed E-state index contributed by atoms with van der Waals surface area (Å²) in [7, 11) is 0. The van der Waals surface area contributed by atoms with Gasteiger partial charge in [-0.15, -0.1) is 0 Å². The van der Waals surface area contributed by atoms with E-state index in [0.717, 1.165) is 0 Å². The van der Waals surface area contributed by atoms with Gasteiger partial charge in [-0.05, 0) is 0 Å². The molecule has 4 heavy (non-hydrogen) atoms. The van der Waals surface area contributed by atoms with Crippen molar-refractivity contribution in [2.75, 3.05) is 0 Å². The molecule has 0 saturated heterocycles. The Morgan fingerprint density at radius 2 is 0.500 bits per heavy atom. The Balaban J connectivity index is 0. The molecule has 0 amide bonds. The fourth-order valence-electron chi connectivity index (χ4n) is 0. The van der Waals surface area contributed by atoms with Gasteiger partial charge in [0, 0.05) is 0 Å². The maximum absolute atomic E-state index is 0. The first-order valence-electron chi connectivity index (χ1n) is 0. The van der Waals surface area contributed by atoms with Crippen LogP contribution in [0, 0.1) is 0 Å². The van der Waals surface area contributed by atoms with Crippen molar-refractivity contribution in [2.45, 2.75) is 0 Å². The van der Waals surface area contributed by atoms with Crippen molar-refractivity contribution in [1.82, 2.24) is 0 Å². The van der Waals surface area contributed by atoms with E-state index in [1.807, 2.05) is 0 Å². The van der Waals surface area contributed by atoms with Gasteiger partial charge in [0.15, 0.2) is 0 Å². The van der Waals surface area contributed by atoms with E-state index in [0.29, 0.717) is 0 Å². The molecule has 0 saturated carbocycles. The summed E-state index contributed by atoms with van der Waals surface area (Å²) in [6.07, 6.45) is 0. The van der Waals surface area contributed by atoms with Gasteiger partial charge in [-0.3, -0.25) is 0 Å². The summed E-state index contributed by atoms with van der Waals surface area (Å²) in [5, 5.41) is 0. The van der Waals surface area contributed by atoms with E-state index in [9.17, 15) is 0 Å². The quantitative estimate of drug-likeness (QED) is 0.444. The second-order valence-corrected chi connectivity index (χ2v) is 0. The zero-order chi connectivity index (χ0) is 0. The molecule has 32 valence electrons. The van der Waals surface area contributed by atoms with Crippen LogP contribution < -0.4 is 0 Å². The van der Waals surface area contributed by atoms with Gasteiger partial charge in [0.05, 0.1) is 0 Å². The van der Waals surface area contributed by atoms with Crippen LogP contribution in [0.4, 0.5) is 0 Å². The molecule has 0 spiro atoms. The summed E-state index contributed by atoms with van der Waals surface area (Å²) in [5.74, 6) is 0. The SMILES string of the molecule is [Ni+2].[Ni+2].[OH-].[OH-]. The number of hydrogen-bond acceptors (Lipinski definition) is 2. The first-order chi connectivity index (χ1) is 0. The van der Waals surface area contributed by atoms with E-state index in [1.165, 1.54) is 0 Å². The molecule has 0 aromatic carbocycles. The molecule has 0 unspecified atom stereocenters. The molecule has 0 rings (SSSR count). The van der Waals surface area contributed by atoms with Crippen molar-refractivity contribution in [2.24, 2.45) is 0 Å². The molecular weight excluding hydrogens is 149 g/mol. The monoisotopic (exact) mass is 150 g/mol. The molecule has 0 aliphatic rings. The molecule has 0 aliphatic heterocycles.